The zero-order valence-corrected chi connectivity index (χ0v) is 20.3. The van der Waals surface area contributed by atoms with Crippen molar-refractivity contribution in [2.45, 2.75) is 76.1 Å². The van der Waals surface area contributed by atoms with E-state index in [1.54, 1.807) is 24.8 Å². The van der Waals surface area contributed by atoms with Gasteiger partial charge in [0.2, 0.25) is 5.91 Å². The molecule has 3 N–H and O–H groups in total. The number of carbonyl (C=O) groups excluding carboxylic acids is 2. The SMILES string of the molecule is CC(C)(O)C(=O)N(CCCN1[C@@H]2CC[C@H]1CC(c1cccc(C(N)=O)c1)C2)Cc1ccccc1. The molecule has 0 radical (unpaired) electrons. The average molecular weight is 464 g/mol. The number of carbonyl (C=O) groups is 2. The zero-order chi connectivity index (χ0) is 24.3. The molecule has 2 aromatic carbocycles. The van der Waals surface area contributed by atoms with E-state index in [0.717, 1.165) is 31.4 Å². The fraction of sp³-hybridized carbons (Fsp3) is 0.500. The van der Waals surface area contributed by atoms with Gasteiger partial charge in [0.25, 0.3) is 5.91 Å². The Morgan fingerprint density at radius 1 is 1.06 bits per heavy atom. The van der Waals surface area contributed by atoms with Crippen molar-refractivity contribution in [1.29, 1.82) is 0 Å². The zero-order valence-electron chi connectivity index (χ0n) is 20.3. The molecular formula is C28H37N3O3. The smallest absolute Gasteiger partial charge is 0.254 e. The van der Waals surface area contributed by atoms with E-state index in [9.17, 15) is 14.7 Å². The quantitative estimate of drug-likeness (QED) is 0.594. The van der Waals surface area contributed by atoms with E-state index in [1.807, 2.05) is 42.5 Å². The van der Waals surface area contributed by atoms with Crippen LogP contribution in [0.4, 0.5) is 0 Å². The van der Waals surface area contributed by atoms with Gasteiger partial charge < -0.3 is 15.7 Å². The van der Waals surface area contributed by atoms with Crippen LogP contribution in [-0.4, -0.2) is 57.5 Å². The van der Waals surface area contributed by atoms with Crippen LogP contribution in [-0.2, 0) is 11.3 Å². The maximum Gasteiger partial charge on any atom is 0.254 e. The number of nitrogens with two attached hydrogens (primary N) is 1. The maximum atomic E-state index is 12.9. The highest BCUT2D eigenvalue weighted by molar-refractivity contribution is 5.92. The maximum absolute atomic E-state index is 12.9. The van der Waals surface area contributed by atoms with Gasteiger partial charge in [-0.3, -0.25) is 14.5 Å². The first-order valence-corrected chi connectivity index (χ1v) is 12.4. The lowest BCUT2D eigenvalue weighted by Gasteiger charge is -2.39. The van der Waals surface area contributed by atoms with Crippen molar-refractivity contribution in [2.24, 2.45) is 5.73 Å². The molecule has 3 atom stereocenters. The summed E-state index contributed by atoms with van der Waals surface area (Å²) < 4.78 is 0. The molecule has 182 valence electrons. The largest absolute Gasteiger partial charge is 0.381 e. The van der Waals surface area contributed by atoms with E-state index in [-0.39, 0.29) is 11.8 Å². The highest BCUT2D eigenvalue weighted by atomic mass is 16.3. The van der Waals surface area contributed by atoms with Gasteiger partial charge in [-0.25, -0.2) is 0 Å². The molecule has 2 aromatic rings. The molecule has 2 bridgehead atoms. The van der Waals surface area contributed by atoms with E-state index in [0.29, 0.717) is 36.7 Å². The monoisotopic (exact) mass is 463 g/mol. The Labute approximate surface area is 202 Å². The van der Waals surface area contributed by atoms with Crippen LogP contribution in [0.15, 0.2) is 54.6 Å². The minimum absolute atomic E-state index is 0.229. The number of amides is 2. The molecule has 4 rings (SSSR count). The summed E-state index contributed by atoms with van der Waals surface area (Å²) in [5.74, 6) is -0.144. The second kappa shape index (κ2) is 10.3. The Hall–Kier alpha value is -2.70. The van der Waals surface area contributed by atoms with Crippen molar-refractivity contribution >= 4 is 11.8 Å². The van der Waals surface area contributed by atoms with Crippen molar-refractivity contribution in [3.63, 3.8) is 0 Å². The van der Waals surface area contributed by atoms with Crippen LogP contribution in [0.1, 0.15) is 73.4 Å². The molecular weight excluding hydrogens is 426 g/mol. The minimum atomic E-state index is -1.38. The van der Waals surface area contributed by atoms with Gasteiger partial charge in [-0.2, -0.15) is 0 Å². The van der Waals surface area contributed by atoms with Gasteiger partial charge in [-0.1, -0.05) is 42.5 Å². The molecule has 34 heavy (non-hydrogen) atoms. The van der Waals surface area contributed by atoms with Crippen LogP contribution in [0, 0.1) is 0 Å². The second-order valence-electron chi connectivity index (χ2n) is 10.4. The molecule has 6 nitrogen and oxygen atoms in total. The molecule has 2 aliphatic rings. The Morgan fingerprint density at radius 2 is 1.74 bits per heavy atom. The predicted molar refractivity (Wildman–Crippen MR) is 133 cm³/mol. The number of hydrogen-bond donors (Lipinski definition) is 2. The van der Waals surface area contributed by atoms with Gasteiger partial charge in [0.1, 0.15) is 5.60 Å². The lowest BCUT2D eigenvalue weighted by atomic mass is 9.84. The average Bonchev–Trinajstić information content (AvgIpc) is 3.04. The third kappa shape index (κ3) is 5.68. The Bertz CT molecular complexity index is 987. The molecule has 0 aromatic heterocycles. The number of aliphatic hydroxyl groups is 1. The predicted octanol–water partition coefficient (Wildman–Crippen LogP) is 3.69. The van der Waals surface area contributed by atoms with Crippen LogP contribution in [0.25, 0.3) is 0 Å². The second-order valence-corrected chi connectivity index (χ2v) is 10.4. The number of nitrogens with zero attached hydrogens (tertiary/aromatic N) is 2. The lowest BCUT2D eigenvalue weighted by molar-refractivity contribution is -0.148. The van der Waals surface area contributed by atoms with Gasteiger partial charge in [0.15, 0.2) is 0 Å². The molecule has 2 heterocycles. The fourth-order valence-corrected chi connectivity index (χ4v) is 5.74. The number of rotatable bonds is 9. The van der Waals surface area contributed by atoms with Gasteiger partial charge >= 0.3 is 0 Å². The molecule has 0 aliphatic carbocycles. The number of fused-ring (bicyclic) bond motifs is 2. The summed E-state index contributed by atoms with van der Waals surface area (Å²) in [6.45, 7) is 5.21. The normalized spacial score (nSPS) is 22.5. The van der Waals surface area contributed by atoms with Crippen LogP contribution < -0.4 is 5.73 Å². The van der Waals surface area contributed by atoms with Crippen molar-refractivity contribution in [1.82, 2.24) is 9.80 Å². The fourth-order valence-electron chi connectivity index (χ4n) is 5.74. The van der Waals surface area contributed by atoms with Crippen molar-refractivity contribution in [2.75, 3.05) is 13.1 Å². The molecule has 2 aliphatic heterocycles. The van der Waals surface area contributed by atoms with Gasteiger partial charge in [-0.15, -0.1) is 0 Å². The van der Waals surface area contributed by atoms with Gasteiger partial charge in [0.05, 0.1) is 0 Å². The van der Waals surface area contributed by atoms with Crippen molar-refractivity contribution in [3.05, 3.63) is 71.3 Å². The van der Waals surface area contributed by atoms with Gasteiger partial charge in [-0.05, 0) is 75.1 Å². The molecule has 6 heteroatoms. The summed E-state index contributed by atoms with van der Waals surface area (Å²) >= 11 is 0. The lowest BCUT2D eigenvalue weighted by Crippen LogP contribution is -2.47. The van der Waals surface area contributed by atoms with E-state index >= 15 is 0 Å². The number of hydrogen-bond acceptors (Lipinski definition) is 4. The van der Waals surface area contributed by atoms with E-state index in [2.05, 4.69) is 11.0 Å². The first kappa shape index (κ1) is 24.4. The summed E-state index contributed by atoms with van der Waals surface area (Å²) in [6, 6.07) is 18.8. The molecule has 2 fully saturated rings. The minimum Gasteiger partial charge on any atom is -0.381 e. The summed E-state index contributed by atoms with van der Waals surface area (Å²) in [4.78, 5) is 28.9. The van der Waals surface area contributed by atoms with Crippen LogP contribution in [0.3, 0.4) is 0 Å². The Morgan fingerprint density at radius 3 is 2.35 bits per heavy atom. The highest BCUT2D eigenvalue weighted by Gasteiger charge is 2.41. The standard InChI is InChI=1S/C28H37N3O3/c1-28(2,34)27(33)30(19-20-8-4-3-5-9-20)14-7-15-31-24-12-13-25(31)18-23(17-24)21-10-6-11-22(16-21)26(29)32/h3-6,8-11,16,23-25,34H,7,12-15,17-19H2,1-2H3,(H2,29,32)/t23?,24-,25+. The first-order chi connectivity index (χ1) is 16.2. The highest BCUT2D eigenvalue weighted by Crippen LogP contribution is 2.43. The molecule has 2 amide bonds. The number of piperidine rings is 1. The Kier molecular flexibility index (Phi) is 7.39. The molecule has 1 unspecified atom stereocenters. The first-order valence-electron chi connectivity index (χ1n) is 12.4. The number of primary amides is 1. The van der Waals surface area contributed by atoms with Crippen LogP contribution in [0.2, 0.25) is 0 Å². The summed E-state index contributed by atoms with van der Waals surface area (Å²) in [5, 5.41) is 10.3. The third-order valence-corrected chi connectivity index (χ3v) is 7.40. The van der Waals surface area contributed by atoms with Crippen LogP contribution in [0.5, 0.6) is 0 Å². The Balaban J connectivity index is 1.36. The summed E-state index contributed by atoms with van der Waals surface area (Å²) in [6.07, 6.45) is 5.47. The van der Waals surface area contributed by atoms with E-state index in [1.165, 1.54) is 18.4 Å². The van der Waals surface area contributed by atoms with Gasteiger partial charge in [0, 0.05) is 37.3 Å². The topological polar surface area (TPSA) is 86.9 Å². The molecule has 0 spiro atoms. The third-order valence-electron chi connectivity index (χ3n) is 7.40. The number of benzene rings is 2. The van der Waals surface area contributed by atoms with E-state index in [4.69, 9.17) is 5.73 Å². The van der Waals surface area contributed by atoms with Crippen molar-refractivity contribution in [3.8, 4) is 0 Å². The van der Waals surface area contributed by atoms with E-state index < -0.39 is 5.60 Å². The van der Waals surface area contributed by atoms with Crippen molar-refractivity contribution < 1.29 is 14.7 Å². The summed E-state index contributed by atoms with van der Waals surface area (Å²) in [5.41, 5.74) is 6.98. The summed E-state index contributed by atoms with van der Waals surface area (Å²) in [7, 11) is 0. The van der Waals surface area contributed by atoms with Crippen LogP contribution >= 0.6 is 0 Å². The molecule has 0 saturated carbocycles. The molecule has 2 saturated heterocycles.